The minimum atomic E-state index is -1.40. The molecule has 0 unspecified atom stereocenters. The Morgan fingerprint density at radius 3 is 2.89 bits per heavy atom. The summed E-state index contributed by atoms with van der Waals surface area (Å²) in [6, 6.07) is 0. The van der Waals surface area contributed by atoms with E-state index < -0.39 is 11.0 Å². The van der Waals surface area contributed by atoms with E-state index in [1.807, 2.05) is 0 Å². The second kappa shape index (κ2) is 2.00. The number of aliphatic imine (C=N–C) groups is 1. The fourth-order valence-electron chi connectivity index (χ4n) is 0.491. The van der Waals surface area contributed by atoms with Crippen molar-refractivity contribution in [2.24, 2.45) is 10.7 Å². The average molecular weight is 146 g/mol. The van der Waals surface area contributed by atoms with Gasteiger partial charge in [-0.25, -0.2) is 4.79 Å². The summed E-state index contributed by atoms with van der Waals surface area (Å²) in [5, 5.41) is 8.41. The number of nitrogens with zero attached hydrogens (tertiary/aromatic N) is 1. The van der Waals surface area contributed by atoms with E-state index in [4.69, 9.17) is 10.8 Å². The number of carboxylic acid groups (broad SMARTS) is 1. The van der Waals surface area contributed by atoms with Crippen LogP contribution in [0, 0.1) is 0 Å². The zero-order chi connectivity index (χ0) is 6.91. The summed E-state index contributed by atoms with van der Waals surface area (Å²) in [4.78, 5) is 12.4. The fourth-order valence-corrected chi connectivity index (χ4v) is 1.17. The number of rotatable bonds is 1. The molecule has 0 aromatic carbocycles. The van der Waals surface area contributed by atoms with Gasteiger partial charge in [0.2, 0.25) is 0 Å². The summed E-state index contributed by atoms with van der Waals surface area (Å²) in [5.41, 5.74) is 5.27. The van der Waals surface area contributed by atoms with Crippen molar-refractivity contribution in [2.75, 3.05) is 5.75 Å². The molecule has 0 radical (unpaired) electrons. The molecular formula is C4H6N2O2S. The van der Waals surface area contributed by atoms with E-state index in [1.54, 1.807) is 0 Å². The second-order valence-corrected chi connectivity index (χ2v) is 2.87. The summed E-state index contributed by atoms with van der Waals surface area (Å²) in [6.07, 6.45) is 1.51. The van der Waals surface area contributed by atoms with Gasteiger partial charge in [-0.15, -0.1) is 0 Å². The van der Waals surface area contributed by atoms with Crippen molar-refractivity contribution < 1.29 is 9.90 Å². The highest BCUT2D eigenvalue weighted by molar-refractivity contribution is 8.02. The molecule has 1 aliphatic rings. The van der Waals surface area contributed by atoms with Crippen molar-refractivity contribution in [2.45, 2.75) is 4.99 Å². The van der Waals surface area contributed by atoms with E-state index in [0.29, 0.717) is 5.75 Å². The van der Waals surface area contributed by atoms with E-state index in [9.17, 15) is 4.79 Å². The molecule has 1 rings (SSSR count). The van der Waals surface area contributed by atoms with Gasteiger partial charge in [-0.3, -0.25) is 10.7 Å². The third kappa shape index (κ3) is 1.06. The Balaban J connectivity index is 2.74. The van der Waals surface area contributed by atoms with Crippen LogP contribution in [0.15, 0.2) is 4.99 Å². The predicted octanol–water partition coefficient (Wildman–Crippen LogP) is -0.499. The van der Waals surface area contributed by atoms with Crippen LogP contribution in [0.3, 0.4) is 0 Å². The molecule has 0 amide bonds. The molecule has 1 aliphatic heterocycles. The molecule has 3 N–H and O–H groups in total. The van der Waals surface area contributed by atoms with E-state index in [1.165, 1.54) is 6.21 Å². The normalized spacial score (nSPS) is 33.0. The van der Waals surface area contributed by atoms with Gasteiger partial charge in [-0.05, 0) is 0 Å². The molecule has 0 fully saturated rings. The van der Waals surface area contributed by atoms with Crippen LogP contribution < -0.4 is 5.73 Å². The standard InChI is InChI=1S/C4H6N2O2S/c5-4(3(7)8)6-1-2-9-4/h1H,2,5H2,(H,7,8)/t4-/m1/s1. The molecule has 1 atom stereocenters. The van der Waals surface area contributed by atoms with Crippen molar-refractivity contribution in [3.05, 3.63) is 0 Å². The largest absolute Gasteiger partial charge is 0.478 e. The highest BCUT2D eigenvalue weighted by Crippen LogP contribution is 2.24. The summed E-state index contributed by atoms with van der Waals surface area (Å²) < 4.78 is 0. The van der Waals surface area contributed by atoms with Crippen LogP contribution in [0.5, 0.6) is 0 Å². The Labute approximate surface area is 56.1 Å². The van der Waals surface area contributed by atoms with Crippen LogP contribution in [-0.2, 0) is 4.79 Å². The van der Waals surface area contributed by atoms with Crippen molar-refractivity contribution in [1.82, 2.24) is 0 Å². The van der Waals surface area contributed by atoms with Crippen molar-refractivity contribution in [3.63, 3.8) is 0 Å². The Kier molecular flexibility index (Phi) is 1.46. The van der Waals surface area contributed by atoms with Crippen LogP contribution in [0.2, 0.25) is 0 Å². The SMILES string of the molecule is N[C@]1(C(=O)O)N=CCS1. The maximum atomic E-state index is 10.3. The van der Waals surface area contributed by atoms with Gasteiger partial charge in [-0.2, -0.15) is 0 Å². The Morgan fingerprint density at radius 1 is 2.00 bits per heavy atom. The molecule has 0 saturated heterocycles. The molecule has 4 nitrogen and oxygen atoms in total. The lowest BCUT2D eigenvalue weighted by molar-refractivity contribution is -0.139. The topological polar surface area (TPSA) is 75.7 Å². The number of nitrogens with two attached hydrogens (primary N) is 1. The van der Waals surface area contributed by atoms with Gasteiger partial charge in [0, 0.05) is 12.0 Å². The molecule has 0 aromatic rings. The highest BCUT2D eigenvalue weighted by Gasteiger charge is 2.35. The number of hydrogen-bond acceptors (Lipinski definition) is 4. The molecular weight excluding hydrogens is 140 g/mol. The molecule has 0 aliphatic carbocycles. The van der Waals surface area contributed by atoms with Crippen molar-refractivity contribution in [3.8, 4) is 0 Å². The van der Waals surface area contributed by atoms with Crippen molar-refractivity contribution >= 4 is 23.9 Å². The summed E-state index contributed by atoms with van der Waals surface area (Å²) in [5.74, 6) is -0.496. The molecule has 0 bridgehead atoms. The Bertz CT molecular complexity index is 170. The number of thioether (sulfide) groups is 1. The van der Waals surface area contributed by atoms with Crippen LogP contribution in [0.25, 0.3) is 0 Å². The highest BCUT2D eigenvalue weighted by atomic mass is 32.2. The van der Waals surface area contributed by atoms with Crippen LogP contribution >= 0.6 is 11.8 Å². The van der Waals surface area contributed by atoms with E-state index >= 15 is 0 Å². The Morgan fingerprint density at radius 2 is 2.67 bits per heavy atom. The van der Waals surface area contributed by atoms with E-state index in [-0.39, 0.29) is 0 Å². The summed E-state index contributed by atoms with van der Waals surface area (Å²) >= 11 is 1.11. The second-order valence-electron chi connectivity index (χ2n) is 1.62. The van der Waals surface area contributed by atoms with Gasteiger partial charge in [-0.1, -0.05) is 11.8 Å². The quantitative estimate of drug-likeness (QED) is 0.523. The average Bonchev–Trinajstić information content (AvgIpc) is 2.16. The fraction of sp³-hybridized carbons (Fsp3) is 0.500. The van der Waals surface area contributed by atoms with Gasteiger partial charge in [0.25, 0.3) is 4.99 Å². The first-order valence-electron chi connectivity index (χ1n) is 2.35. The van der Waals surface area contributed by atoms with Crippen LogP contribution in [0.4, 0.5) is 0 Å². The lowest BCUT2D eigenvalue weighted by Crippen LogP contribution is -2.40. The number of carboxylic acids is 1. The van der Waals surface area contributed by atoms with Crippen LogP contribution in [0.1, 0.15) is 0 Å². The van der Waals surface area contributed by atoms with Gasteiger partial charge in [0.15, 0.2) is 0 Å². The third-order valence-electron chi connectivity index (χ3n) is 0.967. The third-order valence-corrected chi connectivity index (χ3v) is 2.00. The van der Waals surface area contributed by atoms with Crippen LogP contribution in [-0.4, -0.2) is 28.0 Å². The zero-order valence-corrected chi connectivity index (χ0v) is 5.39. The molecule has 1 heterocycles. The van der Waals surface area contributed by atoms with Crippen molar-refractivity contribution in [1.29, 1.82) is 0 Å². The monoisotopic (exact) mass is 146 g/mol. The number of hydrogen-bond donors (Lipinski definition) is 2. The first-order valence-corrected chi connectivity index (χ1v) is 3.33. The summed E-state index contributed by atoms with van der Waals surface area (Å²) in [7, 11) is 0. The number of carbonyl (C=O) groups is 1. The van der Waals surface area contributed by atoms with E-state index in [0.717, 1.165) is 11.8 Å². The lowest BCUT2D eigenvalue weighted by atomic mass is 10.5. The smallest absolute Gasteiger partial charge is 0.357 e. The van der Waals surface area contributed by atoms with Gasteiger partial charge >= 0.3 is 5.97 Å². The first-order chi connectivity index (χ1) is 4.15. The molecule has 0 aromatic heterocycles. The molecule has 50 valence electrons. The molecule has 0 saturated carbocycles. The van der Waals surface area contributed by atoms with E-state index in [2.05, 4.69) is 4.99 Å². The maximum Gasteiger partial charge on any atom is 0.357 e. The predicted molar refractivity (Wildman–Crippen MR) is 35.5 cm³/mol. The molecule has 0 spiro atoms. The van der Waals surface area contributed by atoms with Gasteiger partial charge < -0.3 is 5.11 Å². The maximum absolute atomic E-state index is 10.3. The Hall–Kier alpha value is -0.550. The minimum absolute atomic E-state index is 0.586. The molecule has 5 heteroatoms. The lowest BCUT2D eigenvalue weighted by Gasteiger charge is -2.11. The molecule has 9 heavy (non-hydrogen) atoms. The van der Waals surface area contributed by atoms with Gasteiger partial charge in [0.1, 0.15) is 0 Å². The van der Waals surface area contributed by atoms with Gasteiger partial charge in [0.05, 0.1) is 0 Å². The summed E-state index contributed by atoms with van der Waals surface area (Å²) in [6.45, 7) is 0. The number of aliphatic carboxylic acids is 1. The zero-order valence-electron chi connectivity index (χ0n) is 4.57. The first kappa shape index (κ1) is 6.57. The minimum Gasteiger partial charge on any atom is -0.478 e.